The molecule has 16 heavy (non-hydrogen) atoms. The van der Waals surface area contributed by atoms with Gasteiger partial charge in [0.2, 0.25) is 0 Å². The topological polar surface area (TPSA) is 75.5 Å². The average molecular weight is 247 g/mol. The van der Waals surface area contributed by atoms with Gasteiger partial charge in [-0.1, -0.05) is 0 Å². The maximum atomic E-state index is 12.0. The molecule has 0 aromatic carbocycles. The van der Waals surface area contributed by atoms with Crippen LogP contribution in [0.4, 0.5) is 0 Å². The molecule has 0 spiro atoms. The van der Waals surface area contributed by atoms with Crippen molar-refractivity contribution >= 4 is 7.60 Å². The van der Waals surface area contributed by atoms with Crippen LogP contribution in [-0.4, -0.2) is 40.4 Å². The Bertz CT molecular complexity index is 363. The molecule has 0 radical (unpaired) electrons. The summed E-state index contributed by atoms with van der Waals surface area (Å²) < 4.78 is 29.3. The van der Waals surface area contributed by atoms with Crippen LogP contribution in [0.3, 0.4) is 0 Å². The molecule has 0 saturated carbocycles. The summed E-state index contributed by atoms with van der Waals surface area (Å²) in [5, 5.41) is 3.94. The van der Waals surface area contributed by atoms with Gasteiger partial charge in [-0.2, -0.15) is 5.10 Å². The van der Waals surface area contributed by atoms with Gasteiger partial charge in [-0.15, -0.1) is 0 Å². The first kappa shape index (κ1) is 11.7. The summed E-state index contributed by atoms with van der Waals surface area (Å²) in [5.41, 5.74) is 0. The van der Waals surface area contributed by atoms with Crippen molar-refractivity contribution in [1.82, 2.24) is 14.8 Å². The van der Waals surface area contributed by atoms with Crippen LogP contribution in [0.2, 0.25) is 0 Å². The standard InChI is InChI=1S/C8H14N3O4P/c1-2-14-16(12)7-13-4-8(15-16)3-11-6-9-5-10-11/h5-6,8H,2-4,7H2,1H3. The van der Waals surface area contributed by atoms with Crippen molar-refractivity contribution in [1.29, 1.82) is 0 Å². The zero-order valence-electron chi connectivity index (χ0n) is 8.98. The number of rotatable bonds is 4. The molecule has 1 aromatic heterocycles. The van der Waals surface area contributed by atoms with Gasteiger partial charge in [-0.25, -0.2) is 4.98 Å². The second-order valence-electron chi connectivity index (χ2n) is 3.37. The Labute approximate surface area is 93.2 Å². The zero-order valence-corrected chi connectivity index (χ0v) is 9.88. The molecule has 0 N–H and O–H groups in total. The third-order valence-electron chi connectivity index (χ3n) is 2.05. The van der Waals surface area contributed by atoms with E-state index in [1.807, 2.05) is 0 Å². The summed E-state index contributed by atoms with van der Waals surface area (Å²) >= 11 is 0. The first-order valence-corrected chi connectivity index (χ1v) is 6.77. The van der Waals surface area contributed by atoms with Crippen LogP contribution in [-0.2, 0) is 24.9 Å². The minimum absolute atomic E-state index is 0.0225. The van der Waals surface area contributed by atoms with Crippen LogP contribution >= 0.6 is 7.60 Å². The van der Waals surface area contributed by atoms with Gasteiger partial charge in [0, 0.05) is 0 Å². The highest BCUT2D eigenvalue weighted by atomic mass is 31.2. The summed E-state index contributed by atoms with van der Waals surface area (Å²) in [6.45, 7) is 2.95. The SMILES string of the molecule is CCOP1(=O)COCC(Cn2cncn2)O1. The van der Waals surface area contributed by atoms with Gasteiger partial charge >= 0.3 is 7.60 Å². The minimum atomic E-state index is -3.07. The highest BCUT2D eigenvalue weighted by Gasteiger charge is 2.34. The van der Waals surface area contributed by atoms with E-state index in [1.54, 1.807) is 17.9 Å². The molecular formula is C8H14N3O4P. The molecule has 8 heteroatoms. The Kier molecular flexibility index (Phi) is 3.70. The lowest BCUT2D eigenvalue weighted by molar-refractivity contribution is 0.000786. The molecule has 1 saturated heterocycles. The molecule has 2 atom stereocenters. The quantitative estimate of drug-likeness (QED) is 0.735. The molecule has 2 rings (SSSR count). The van der Waals surface area contributed by atoms with Crippen molar-refractivity contribution in [2.75, 3.05) is 19.6 Å². The molecule has 0 aliphatic carbocycles. The van der Waals surface area contributed by atoms with Gasteiger partial charge < -0.3 is 9.26 Å². The molecule has 1 fully saturated rings. The van der Waals surface area contributed by atoms with Crippen LogP contribution < -0.4 is 0 Å². The molecule has 2 heterocycles. The Morgan fingerprint density at radius 1 is 1.69 bits per heavy atom. The van der Waals surface area contributed by atoms with E-state index in [9.17, 15) is 4.57 Å². The first-order valence-electron chi connectivity index (χ1n) is 5.04. The second kappa shape index (κ2) is 5.05. The molecule has 1 aliphatic heterocycles. The van der Waals surface area contributed by atoms with Crippen LogP contribution in [0, 0.1) is 0 Å². The number of aromatic nitrogens is 3. The van der Waals surface area contributed by atoms with Crippen molar-refractivity contribution < 1.29 is 18.3 Å². The molecular weight excluding hydrogens is 233 g/mol. The van der Waals surface area contributed by atoms with E-state index in [1.165, 1.54) is 6.33 Å². The fourth-order valence-electron chi connectivity index (χ4n) is 1.47. The van der Waals surface area contributed by atoms with E-state index in [0.29, 0.717) is 19.8 Å². The van der Waals surface area contributed by atoms with E-state index < -0.39 is 7.60 Å². The maximum Gasteiger partial charge on any atom is 0.356 e. The Balaban J connectivity index is 1.94. The predicted octanol–water partition coefficient (Wildman–Crippen LogP) is 0.881. The van der Waals surface area contributed by atoms with Gasteiger partial charge in [0.15, 0.2) is 0 Å². The van der Waals surface area contributed by atoms with Gasteiger partial charge in [-0.05, 0) is 6.92 Å². The average Bonchev–Trinajstić information content (AvgIpc) is 2.70. The lowest BCUT2D eigenvalue weighted by atomic mass is 10.4. The summed E-state index contributed by atoms with van der Waals surface area (Å²) in [6, 6.07) is 0. The van der Waals surface area contributed by atoms with Gasteiger partial charge in [0.05, 0.1) is 19.8 Å². The Morgan fingerprint density at radius 3 is 3.25 bits per heavy atom. The summed E-state index contributed by atoms with van der Waals surface area (Å²) in [7, 11) is -3.07. The number of nitrogens with zero attached hydrogens (tertiary/aromatic N) is 3. The largest absolute Gasteiger partial charge is 0.366 e. The van der Waals surface area contributed by atoms with Crippen molar-refractivity contribution in [2.24, 2.45) is 0 Å². The van der Waals surface area contributed by atoms with Crippen LogP contribution in [0.25, 0.3) is 0 Å². The monoisotopic (exact) mass is 247 g/mol. The Morgan fingerprint density at radius 2 is 2.56 bits per heavy atom. The van der Waals surface area contributed by atoms with Gasteiger partial charge in [0.1, 0.15) is 25.1 Å². The van der Waals surface area contributed by atoms with Crippen molar-refractivity contribution in [2.45, 2.75) is 19.6 Å². The zero-order chi connectivity index (χ0) is 11.4. The predicted molar refractivity (Wildman–Crippen MR) is 54.9 cm³/mol. The number of hydrogen-bond donors (Lipinski definition) is 0. The lowest BCUT2D eigenvalue weighted by Crippen LogP contribution is -2.30. The van der Waals surface area contributed by atoms with Crippen LogP contribution in [0.1, 0.15) is 6.92 Å². The minimum Gasteiger partial charge on any atom is -0.366 e. The van der Waals surface area contributed by atoms with Gasteiger partial charge in [0.25, 0.3) is 0 Å². The van der Waals surface area contributed by atoms with Crippen molar-refractivity contribution in [3.05, 3.63) is 12.7 Å². The molecule has 1 aliphatic rings. The summed E-state index contributed by atoms with van der Waals surface area (Å²) in [6.07, 6.45) is 2.72. The molecule has 90 valence electrons. The van der Waals surface area contributed by atoms with E-state index in [-0.39, 0.29) is 12.5 Å². The van der Waals surface area contributed by atoms with Crippen LogP contribution in [0.5, 0.6) is 0 Å². The normalized spacial score (nSPS) is 30.4. The second-order valence-corrected chi connectivity index (χ2v) is 5.32. The summed E-state index contributed by atoms with van der Waals surface area (Å²) in [4.78, 5) is 3.82. The fourth-order valence-corrected chi connectivity index (χ4v) is 2.97. The molecule has 7 nitrogen and oxygen atoms in total. The Hall–Kier alpha value is -0.750. The third kappa shape index (κ3) is 2.89. The van der Waals surface area contributed by atoms with Gasteiger partial charge in [-0.3, -0.25) is 13.8 Å². The number of ether oxygens (including phenoxy) is 1. The van der Waals surface area contributed by atoms with E-state index >= 15 is 0 Å². The maximum absolute atomic E-state index is 12.0. The smallest absolute Gasteiger partial charge is 0.356 e. The van der Waals surface area contributed by atoms with Crippen molar-refractivity contribution in [3.8, 4) is 0 Å². The number of hydrogen-bond acceptors (Lipinski definition) is 6. The van der Waals surface area contributed by atoms with Crippen LogP contribution in [0.15, 0.2) is 12.7 Å². The molecule has 1 aromatic rings. The highest BCUT2D eigenvalue weighted by molar-refractivity contribution is 7.53. The summed E-state index contributed by atoms with van der Waals surface area (Å²) in [5.74, 6) is 0. The molecule has 0 bridgehead atoms. The lowest BCUT2D eigenvalue weighted by Gasteiger charge is -2.28. The molecule has 0 amide bonds. The van der Waals surface area contributed by atoms with E-state index in [2.05, 4.69) is 10.1 Å². The van der Waals surface area contributed by atoms with E-state index in [0.717, 1.165) is 0 Å². The fraction of sp³-hybridized carbons (Fsp3) is 0.750. The van der Waals surface area contributed by atoms with E-state index in [4.69, 9.17) is 13.8 Å². The molecule has 2 unspecified atom stereocenters. The first-order chi connectivity index (χ1) is 7.72. The highest BCUT2D eigenvalue weighted by Crippen LogP contribution is 2.51. The van der Waals surface area contributed by atoms with Crippen molar-refractivity contribution in [3.63, 3.8) is 0 Å². The third-order valence-corrected chi connectivity index (χ3v) is 3.82.